The number of hydrogen-bond donors (Lipinski definition) is 1. The van der Waals surface area contributed by atoms with E-state index in [4.69, 9.17) is 5.73 Å². The summed E-state index contributed by atoms with van der Waals surface area (Å²) in [4.78, 5) is 8.54. The average molecular weight is 208 g/mol. The van der Waals surface area contributed by atoms with E-state index < -0.39 is 0 Å². The molecule has 5 heteroatoms. The second-order valence-corrected chi connectivity index (χ2v) is 4.10. The van der Waals surface area contributed by atoms with E-state index in [0.29, 0.717) is 6.54 Å². The quantitative estimate of drug-likeness (QED) is 0.823. The molecule has 4 nitrogen and oxygen atoms in total. The van der Waals surface area contributed by atoms with Crippen LogP contribution in [0.25, 0.3) is 0 Å². The Hall–Kier alpha value is -1.20. The summed E-state index contributed by atoms with van der Waals surface area (Å²) in [5.41, 5.74) is 6.62. The van der Waals surface area contributed by atoms with Gasteiger partial charge in [0.2, 0.25) is 0 Å². The minimum absolute atomic E-state index is 0.468. The lowest BCUT2D eigenvalue weighted by atomic mass is 10.4. The molecule has 74 valence electrons. The molecule has 2 aromatic rings. The minimum atomic E-state index is 0.468. The first-order valence-electron chi connectivity index (χ1n) is 4.40. The molecule has 0 aliphatic rings. The predicted molar refractivity (Wildman–Crippen MR) is 56.1 cm³/mol. The fourth-order valence-corrected chi connectivity index (χ4v) is 1.93. The topological polar surface area (TPSA) is 56.7 Å². The fraction of sp³-hybridized carbons (Fsp3) is 0.333. The Bertz CT molecular complexity index is 418. The smallest absolute Gasteiger partial charge is 0.122 e. The van der Waals surface area contributed by atoms with E-state index in [9.17, 15) is 0 Å². The third-order valence-electron chi connectivity index (χ3n) is 1.98. The number of aromatic nitrogens is 3. The van der Waals surface area contributed by atoms with Crippen LogP contribution in [0.15, 0.2) is 17.8 Å². The maximum absolute atomic E-state index is 5.55. The summed E-state index contributed by atoms with van der Waals surface area (Å²) in [5.74, 6) is 0.899. The van der Waals surface area contributed by atoms with Crippen molar-refractivity contribution in [2.24, 2.45) is 5.73 Å². The Balaban J connectivity index is 2.18. The normalized spacial score (nSPS) is 10.7. The zero-order chi connectivity index (χ0) is 9.97. The second kappa shape index (κ2) is 3.89. The van der Waals surface area contributed by atoms with Crippen LogP contribution >= 0.6 is 11.3 Å². The highest BCUT2D eigenvalue weighted by atomic mass is 32.1. The number of thiazole rings is 1. The van der Waals surface area contributed by atoms with Crippen LogP contribution in [0.5, 0.6) is 0 Å². The molecule has 0 unspecified atom stereocenters. The zero-order valence-corrected chi connectivity index (χ0v) is 8.79. The molecule has 2 rings (SSSR count). The van der Waals surface area contributed by atoms with E-state index in [1.807, 2.05) is 17.7 Å². The van der Waals surface area contributed by atoms with Gasteiger partial charge in [0.25, 0.3) is 0 Å². The summed E-state index contributed by atoms with van der Waals surface area (Å²) < 4.78 is 2.02. The monoisotopic (exact) mass is 208 g/mol. The highest BCUT2D eigenvalue weighted by Gasteiger charge is 2.03. The lowest BCUT2D eigenvalue weighted by molar-refractivity contribution is 0.712. The van der Waals surface area contributed by atoms with Crippen molar-refractivity contribution in [1.82, 2.24) is 14.5 Å². The molecule has 0 saturated heterocycles. The maximum atomic E-state index is 5.55. The van der Waals surface area contributed by atoms with Gasteiger partial charge in [0.1, 0.15) is 5.82 Å². The summed E-state index contributed by atoms with van der Waals surface area (Å²) >= 11 is 1.66. The van der Waals surface area contributed by atoms with Crippen molar-refractivity contribution in [2.75, 3.05) is 0 Å². The lowest BCUT2D eigenvalue weighted by Gasteiger charge is -2.02. The molecule has 2 heterocycles. The molecule has 2 aromatic heterocycles. The molecule has 0 amide bonds. The van der Waals surface area contributed by atoms with Crippen LogP contribution in [0.1, 0.15) is 16.5 Å². The van der Waals surface area contributed by atoms with Gasteiger partial charge in [0.05, 0.1) is 23.8 Å². The second-order valence-electron chi connectivity index (χ2n) is 3.03. The predicted octanol–water partition coefficient (Wildman–Crippen LogP) is 1.16. The van der Waals surface area contributed by atoms with Gasteiger partial charge < -0.3 is 10.3 Å². The first-order chi connectivity index (χ1) is 6.79. The Morgan fingerprint density at radius 3 is 3.07 bits per heavy atom. The molecule has 0 radical (unpaired) electrons. The van der Waals surface area contributed by atoms with E-state index in [-0.39, 0.29) is 0 Å². The van der Waals surface area contributed by atoms with E-state index in [1.165, 1.54) is 0 Å². The molecule has 0 fully saturated rings. The summed E-state index contributed by atoms with van der Waals surface area (Å²) in [6.45, 7) is 3.24. The first-order valence-corrected chi connectivity index (χ1v) is 5.28. The third kappa shape index (κ3) is 1.83. The van der Waals surface area contributed by atoms with Gasteiger partial charge >= 0.3 is 0 Å². The number of nitrogens with zero attached hydrogens (tertiary/aromatic N) is 3. The standard InChI is InChI=1S/C9H12N4S/c1-7-12-8(6-14-7)5-13-3-2-11-9(13)4-10/h2-3,6H,4-5,10H2,1H3. The SMILES string of the molecule is Cc1nc(Cn2ccnc2CN)cs1. The molecule has 0 spiro atoms. The van der Waals surface area contributed by atoms with E-state index in [0.717, 1.165) is 23.1 Å². The van der Waals surface area contributed by atoms with Crippen LogP contribution in [0, 0.1) is 6.92 Å². The largest absolute Gasteiger partial charge is 0.328 e. The van der Waals surface area contributed by atoms with Gasteiger partial charge in [-0.15, -0.1) is 11.3 Å². The summed E-state index contributed by atoms with van der Waals surface area (Å²) in [6.07, 6.45) is 3.69. The highest BCUT2D eigenvalue weighted by Crippen LogP contribution is 2.10. The van der Waals surface area contributed by atoms with Gasteiger partial charge in [0, 0.05) is 17.8 Å². The van der Waals surface area contributed by atoms with Crippen LogP contribution in [-0.2, 0) is 13.1 Å². The molecular weight excluding hydrogens is 196 g/mol. The Kier molecular flexibility index (Phi) is 2.60. The maximum Gasteiger partial charge on any atom is 0.122 e. The third-order valence-corrected chi connectivity index (χ3v) is 2.81. The van der Waals surface area contributed by atoms with Crippen LogP contribution in [0.2, 0.25) is 0 Å². The van der Waals surface area contributed by atoms with Gasteiger partial charge in [0.15, 0.2) is 0 Å². The summed E-state index contributed by atoms with van der Waals surface area (Å²) in [5, 5.41) is 3.16. The summed E-state index contributed by atoms with van der Waals surface area (Å²) in [7, 11) is 0. The van der Waals surface area contributed by atoms with Crippen molar-refractivity contribution in [3.8, 4) is 0 Å². The number of aryl methyl sites for hydroxylation is 1. The number of nitrogens with two attached hydrogens (primary N) is 1. The molecule has 14 heavy (non-hydrogen) atoms. The van der Waals surface area contributed by atoms with Crippen molar-refractivity contribution >= 4 is 11.3 Å². The molecule has 0 saturated carbocycles. The van der Waals surface area contributed by atoms with Crippen LogP contribution in [0.4, 0.5) is 0 Å². The van der Waals surface area contributed by atoms with Gasteiger partial charge in [-0.3, -0.25) is 0 Å². The lowest BCUT2D eigenvalue weighted by Crippen LogP contribution is -2.08. The zero-order valence-electron chi connectivity index (χ0n) is 7.97. The van der Waals surface area contributed by atoms with Crippen LogP contribution < -0.4 is 5.73 Å². The number of rotatable bonds is 3. The Labute approximate surface area is 86.4 Å². The molecule has 2 N–H and O–H groups in total. The van der Waals surface area contributed by atoms with E-state index in [1.54, 1.807) is 17.5 Å². The summed E-state index contributed by atoms with van der Waals surface area (Å²) in [6, 6.07) is 0. The average Bonchev–Trinajstić information content (AvgIpc) is 2.76. The van der Waals surface area contributed by atoms with E-state index in [2.05, 4.69) is 15.3 Å². The first kappa shape index (κ1) is 9.36. The molecule has 0 atom stereocenters. The number of hydrogen-bond acceptors (Lipinski definition) is 4. The van der Waals surface area contributed by atoms with Crippen LogP contribution in [-0.4, -0.2) is 14.5 Å². The molecular formula is C9H12N4S. The van der Waals surface area contributed by atoms with E-state index >= 15 is 0 Å². The molecule has 0 aliphatic heterocycles. The number of imidazole rings is 1. The Morgan fingerprint density at radius 1 is 1.57 bits per heavy atom. The van der Waals surface area contributed by atoms with Gasteiger partial charge in [-0.05, 0) is 6.92 Å². The molecule has 0 bridgehead atoms. The van der Waals surface area contributed by atoms with Crippen molar-refractivity contribution < 1.29 is 0 Å². The van der Waals surface area contributed by atoms with Crippen molar-refractivity contribution in [3.05, 3.63) is 34.3 Å². The minimum Gasteiger partial charge on any atom is -0.328 e. The van der Waals surface area contributed by atoms with Crippen LogP contribution in [0.3, 0.4) is 0 Å². The molecule has 0 aromatic carbocycles. The van der Waals surface area contributed by atoms with Gasteiger partial charge in [-0.25, -0.2) is 9.97 Å². The van der Waals surface area contributed by atoms with Crippen molar-refractivity contribution in [3.63, 3.8) is 0 Å². The van der Waals surface area contributed by atoms with Crippen molar-refractivity contribution in [1.29, 1.82) is 0 Å². The Morgan fingerprint density at radius 2 is 2.43 bits per heavy atom. The fourth-order valence-electron chi connectivity index (χ4n) is 1.33. The van der Waals surface area contributed by atoms with Crippen molar-refractivity contribution in [2.45, 2.75) is 20.0 Å². The highest BCUT2D eigenvalue weighted by molar-refractivity contribution is 7.09. The molecule has 0 aliphatic carbocycles. The van der Waals surface area contributed by atoms with Gasteiger partial charge in [-0.2, -0.15) is 0 Å². The van der Waals surface area contributed by atoms with Gasteiger partial charge in [-0.1, -0.05) is 0 Å².